The van der Waals surface area contributed by atoms with E-state index in [1.807, 2.05) is 6.92 Å². The van der Waals surface area contributed by atoms with Crippen LogP contribution < -0.4 is 0 Å². The minimum absolute atomic E-state index is 0.000833. The molecule has 2 heteroatoms. The van der Waals surface area contributed by atoms with Crippen LogP contribution in [0.5, 0.6) is 0 Å². The van der Waals surface area contributed by atoms with Crippen molar-refractivity contribution < 1.29 is 9.53 Å². The molecule has 0 aromatic carbocycles. The quantitative estimate of drug-likeness (QED) is 0.585. The zero-order valence-corrected chi connectivity index (χ0v) is 7.38. The van der Waals surface area contributed by atoms with Gasteiger partial charge in [-0.25, -0.2) is 0 Å². The van der Waals surface area contributed by atoms with Gasteiger partial charge in [0.2, 0.25) is 0 Å². The largest absolute Gasteiger partial charge is 0.378 e. The second-order valence-corrected chi connectivity index (χ2v) is 3.04. The van der Waals surface area contributed by atoms with Crippen LogP contribution in [0.2, 0.25) is 0 Å². The van der Waals surface area contributed by atoms with Crippen LogP contribution in [0.25, 0.3) is 0 Å². The van der Waals surface area contributed by atoms with E-state index in [2.05, 4.69) is 6.58 Å². The van der Waals surface area contributed by atoms with Crippen molar-refractivity contribution in [2.75, 3.05) is 6.61 Å². The fourth-order valence-corrected chi connectivity index (χ4v) is 1.31. The number of allylic oxidation sites excluding steroid dienone is 2. The topological polar surface area (TPSA) is 26.3 Å². The molecule has 0 spiro atoms. The highest BCUT2D eigenvalue weighted by Crippen LogP contribution is 2.18. The lowest BCUT2D eigenvalue weighted by Crippen LogP contribution is -2.17. The van der Waals surface area contributed by atoms with Crippen LogP contribution in [0.3, 0.4) is 0 Å². The van der Waals surface area contributed by atoms with Gasteiger partial charge in [0.1, 0.15) is 0 Å². The Balaban J connectivity index is 2.55. The predicted octanol–water partition coefficient (Wildman–Crippen LogP) is 1.87. The highest BCUT2D eigenvalue weighted by Gasteiger charge is 2.12. The van der Waals surface area contributed by atoms with E-state index in [0.717, 1.165) is 19.4 Å². The van der Waals surface area contributed by atoms with Crippen molar-refractivity contribution in [1.29, 1.82) is 0 Å². The Morgan fingerprint density at radius 3 is 3.08 bits per heavy atom. The van der Waals surface area contributed by atoms with Crippen molar-refractivity contribution >= 4 is 5.78 Å². The molecule has 1 saturated heterocycles. The molecular formula is C10H14O2. The molecule has 1 atom stereocenters. The summed E-state index contributed by atoms with van der Waals surface area (Å²) in [4.78, 5) is 11.0. The summed E-state index contributed by atoms with van der Waals surface area (Å²) in [6, 6.07) is 0. The third kappa shape index (κ3) is 2.62. The summed E-state index contributed by atoms with van der Waals surface area (Å²) in [6.07, 6.45) is 5.02. The number of hydrogen-bond donors (Lipinski definition) is 0. The second kappa shape index (κ2) is 4.21. The minimum Gasteiger partial charge on any atom is -0.378 e. The van der Waals surface area contributed by atoms with E-state index in [-0.39, 0.29) is 11.9 Å². The fraction of sp³-hybridized carbons (Fsp3) is 0.500. The molecule has 1 fully saturated rings. The second-order valence-electron chi connectivity index (χ2n) is 3.04. The van der Waals surface area contributed by atoms with Gasteiger partial charge in [-0.05, 0) is 31.9 Å². The molecule has 0 amide bonds. The Kier molecular flexibility index (Phi) is 3.23. The number of ketones is 1. The first-order valence-corrected chi connectivity index (χ1v) is 4.20. The molecular weight excluding hydrogens is 152 g/mol. The molecule has 1 aliphatic rings. The van der Waals surface area contributed by atoms with E-state index in [0.29, 0.717) is 0 Å². The summed E-state index contributed by atoms with van der Waals surface area (Å²) >= 11 is 0. The summed E-state index contributed by atoms with van der Waals surface area (Å²) in [6.45, 7) is 6.17. The molecule has 1 rings (SSSR count). The van der Waals surface area contributed by atoms with Crippen molar-refractivity contribution in [3.63, 3.8) is 0 Å². The molecule has 0 bridgehead atoms. The molecule has 1 heterocycles. The first-order valence-electron chi connectivity index (χ1n) is 4.20. The molecule has 0 radical (unpaired) electrons. The van der Waals surface area contributed by atoms with Gasteiger partial charge in [-0.15, -0.1) is 0 Å². The zero-order chi connectivity index (χ0) is 8.97. The molecule has 0 aliphatic carbocycles. The van der Waals surface area contributed by atoms with Crippen LogP contribution in [0.1, 0.15) is 19.8 Å². The first-order chi connectivity index (χ1) is 5.72. The van der Waals surface area contributed by atoms with Gasteiger partial charge in [0, 0.05) is 0 Å². The Bertz CT molecular complexity index is 216. The Labute approximate surface area is 72.9 Å². The molecule has 1 aliphatic heterocycles. The highest BCUT2D eigenvalue weighted by atomic mass is 16.5. The van der Waals surface area contributed by atoms with Gasteiger partial charge < -0.3 is 4.74 Å². The predicted molar refractivity (Wildman–Crippen MR) is 47.9 cm³/mol. The summed E-state index contributed by atoms with van der Waals surface area (Å²) in [5, 5.41) is 0. The number of carbonyl (C=O) groups excluding carboxylic acids is 1. The lowest BCUT2D eigenvalue weighted by Gasteiger charge is -2.21. The number of rotatable bonds is 2. The van der Waals surface area contributed by atoms with E-state index < -0.39 is 0 Å². The zero-order valence-electron chi connectivity index (χ0n) is 7.38. The van der Waals surface area contributed by atoms with E-state index >= 15 is 0 Å². The average molecular weight is 166 g/mol. The molecule has 66 valence electrons. The molecule has 2 nitrogen and oxygen atoms in total. The van der Waals surface area contributed by atoms with Crippen LogP contribution >= 0.6 is 0 Å². The van der Waals surface area contributed by atoms with Gasteiger partial charge in [0.25, 0.3) is 0 Å². The third-order valence-electron chi connectivity index (χ3n) is 1.92. The van der Waals surface area contributed by atoms with Gasteiger partial charge in [-0.1, -0.05) is 12.2 Å². The van der Waals surface area contributed by atoms with Gasteiger partial charge in [-0.2, -0.15) is 0 Å². The maximum absolute atomic E-state index is 11.0. The lowest BCUT2D eigenvalue weighted by molar-refractivity contribution is -0.110. The van der Waals surface area contributed by atoms with E-state index in [1.54, 1.807) is 6.08 Å². The van der Waals surface area contributed by atoms with Gasteiger partial charge in [-0.3, -0.25) is 4.79 Å². The van der Waals surface area contributed by atoms with Crippen molar-refractivity contribution in [2.24, 2.45) is 0 Å². The van der Waals surface area contributed by atoms with Gasteiger partial charge >= 0.3 is 0 Å². The van der Waals surface area contributed by atoms with Crippen LogP contribution in [0.15, 0.2) is 24.3 Å². The van der Waals surface area contributed by atoms with Gasteiger partial charge in [0.15, 0.2) is 5.78 Å². The number of ether oxygens (including phenoxy) is 1. The third-order valence-corrected chi connectivity index (χ3v) is 1.92. The molecule has 0 N–H and O–H groups in total. The lowest BCUT2D eigenvalue weighted by atomic mass is 10.0. The fourth-order valence-electron chi connectivity index (χ4n) is 1.31. The minimum atomic E-state index is -0.000833. The van der Waals surface area contributed by atoms with E-state index in [4.69, 9.17) is 4.74 Å². The SMILES string of the molecule is C=CC(=O)/C=C1\CCOC(C)C1. The number of hydrogen-bond acceptors (Lipinski definition) is 2. The van der Waals surface area contributed by atoms with E-state index in [1.165, 1.54) is 11.6 Å². The maximum Gasteiger partial charge on any atom is 0.178 e. The standard InChI is InChI=1S/C10H14O2/c1-3-10(11)7-9-4-5-12-8(2)6-9/h3,7-8H,1,4-6H2,2H3/b9-7+. The molecule has 0 aromatic rings. The first kappa shape index (κ1) is 9.20. The molecule has 1 unspecified atom stereocenters. The van der Waals surface area contributed by atoms with Crippen LogP contribution in [0.4, 0.5) is 0 Å². The molecule has 0 saturated carbocycles. The van der Waals surface area contributed by atoms with Gasteiger partial charge in [0.05, 0.1) is 12.7 Å². The van der Waals surface area contributed by atoms with Crippen molar-refractivity contribution in [2.45, 2.75) is 25.9 Å². The normalized spacial score (nSPS) is 27.1. The van der Waals surface area contributed by atoms with Crippen molar-refractivity contribution in [1.82, 2.24) is 0 Å². The van der Waals surface area contributed by atoms with Crippen LogP contribution in [0, 0.1) is 0 Å². The smallest absolute Gasteiger partial charge is 0.178 e. The highest BCUT2D eigenvalue weighted by molar-refractivity contribution is 5.99. The Morgan fingerprint density at radius 1 is 1.75 bits per heavy atom. The summed E-state index contributed by atoms with van der Waals surface area (Å²) in [7, 11) is 0. The molecule has 0 aromatic heterocycles. The summed E-state index contributed by atoms with van der Waals surface area (Å²) < 4.78 is 5.35. The van der Waals surface area contributed by atoms with Crippen LogP contribution in [-0.4, -0.2) is 18.5 Å². The number of carbonyl (C=O) groups is 1. The van der Waals surface area contributed by atoms with Crippen LogP contribution in [-0.2, 0) is 9.53 Å². The average Bonchev–Trinajstić information content (AvgIpc) is 2.04. The van der Waals surface area contributed by atoms with E-state index in [9.17, 15) is 4.79 Å². The Morgan fingerprint density at radius 2 is 2.50 bits per heavy atom. The van der Waals surface area contributed by atoms with Crippen molar-refractivity contribution in [3.05, 3.63) is 24.3 Å². The monoisotopic (exact) mass is 166 g/mol. The summed E-state index contributed by atoms with van der Waals surface area (Å²) in [5.41, 5.74) is 1.18. The van der Waals surface area contributed by atoms with Crippen molar-refractivity contribution in [3.8, 4) is 0 Å². The maximum atomic E-state index is 11.0. The Hall–Kier alpha value is -0.890. The molecule has 12 heavy (non-hydrogen) atoms. The summed E-state index contributed by atoms with van der Waals surface area (Å²) in [5.74, 6) is -0.000833.